The molecule has 0 radical (unpaired) electrons. The Balaban J connectivity index is 2.13. The van der Waals surface area contributed by atoms with Crippen molar-refractivity contribution in [3.8, 4) is 5.75 Å². The number of nitrogens with zero attached hydrogens (tertiary/aromatic N) is 1. The molecule has 0 bridgehead atoms. The summed E-state index contributed by atoms with van der Waals surface area (Å²) >= 11 is 0. The summed E-state index contributed by atoms with van der Waals surface area (Å²) < 4.78 is 18.9. The van der Waals surface area contributed by atoms with E-state index >= 15 is 0 Å². The minimum Gasteiger partial charge on any atom is -0.493 e. The number of benzene rings is 1. The normalized spacial score (nSPS) is 16.3. The fourth-order valence-corrected chi connectivity index (χ4v) is 1.48. The van der Waals surface area contributed by atoms with Gasteiger partial charge in [0, 0.05) is 24.4 Å². The monoisotopic (exact) mass is 221 g/mol. The predicted molar refractivity (Wildman–Crippen MR) is 62.8 cm³/mol. The Morgan fingerprint density at radius 2 is 2.19 bits per heavy atom. The largest absolute Gasteiger partial charge is 0.493 e. The first kappa shape index (κ1) is 11.1. The van der Waals surface area contributed by atoms with E-state index in [1.807, 2.05) is 13.0 Å². The number of aliphatic imine (C=N–C) groups is 1. The van der Waals surface area contributed by atoms with E-state index in [2.05, 4.69) is 4.99 Å². The lowest BCUT2D eigenvalue weighted by Crippen LogP contribution is -2.02. The molecule has 3 heteroatoms. The third-order valence-electron chi connectivity index (χ3n) is 2.81. The number of ether oxygens (including phenoxy) is 1. The molecule has 0 N–H and O–H groups in total. The maximum Gasteiger partial charge on any atom is 0.127 e. The smallest absolute Gasteiger partial charge is 0.127 e. The standard InChI is InChI=1S/C13H16FNO/c1-9(15-2)11-5-12(14)7-13(6-11)16-8-10-3-4-10/h5-7,10H,3-4,8H2,1-2H3. The Kier molecular flexibility index (Phi) is 3.22. The lowest BCUT2D eigenvalue weighted by Gasteiger charge is -2.07. The van der Waals surface area contributed by atoms with Crippen LogP contribution < -0.4 is 4.74 Å². The third kappa shape index (κ3) is 2.81. The summed E-state index contributed by atoms with van der Waals surface area (Å²) in [5, 5.41) is 0. The van der Waals surface area contributed by atoms with Crippen LogP contribution in [0.1, 0.15) is 25.3 Å². The second-order valence-corrected chi connectivity index (χ2v) is 4.24. The van der Waals surface area contributed by atoms with Crippen LogP contribution in [-0.2, 0) is 0 Å². The molecule has 0 aromatic heterocycles. The van der Waals surface area contributed by atoms with Crippen molar-refractivity contribution in [1.82, 2.24) is 0 Å². The molecule has 1 saturated carbocycles. The molecule has 0 aliphatic heterocycles. The summed E-state index contributed by atoms with van der Waals surface area (Å²) in [5.41, 5.74) is 1.60. The summed E-state index contributed by atoms with van der Waals surface area (Å²) in [5.74, 6) is 1.00. The molecule has 16 heavy (non-hydrogen) atoms. The quantitative estimate of drug-likeness (QED) is 0.716. The van der Waals surface area contributed by atoms with Gasteiger partial charge in [-0.25, -0.2) is 4.39 Å². The fourth-order valence-electron chi connectivity index (χ4n) is 1.48. The molecule has 1 fully saturated rings. The van der Waals surface area contributed by atoms with Gasteiger partial charge >= 0.3 is 0 Å². The van der Waals surface area contributed by atoms with Crippen molar-refractivity contribution in [2.24, 2.45) is 10.9 Å². The molecule has 0 saturated heterocycles. The Morgan fingerprint density at radius 3 is 2.81 bits per heavy atom. The second kappa shape index (κ2) is 4.64. The van der Waals surface area contributed by atoms with Gasteiger partial charge in [-0.05, 0) is 37.8 Å². The summed E-state index contributed by atoms with van der Waals surface area (Å²) in [4.78, 5) is 4.04. The molecular formula is C13H16FNO. The number of hydrogen-bond donors (Lipinski definition) is 0. The van der Waals surface area contributed by atoms with Crippen molar-refractivity contribution in [3.05, 3.63) is 29.6 Å². The highest BCUT2D eigenvalue weighted by atomic mass is 19.1. The zero-order valence-electron chi connectivity index (χ0n) is 9.66. The SMILES string of the molecule is CN=C(C)c1cc(F)cc(OCC2CC2)c1. The van der Waals surface area contributed by atoms with Gasteiger partial charge < -0.3 is 4.74 Å². The van der Waals surface area contributed by atoms with Gasteiger partial charge in [-0.2, -0.15) is 0 Å². The molecule has 1 aliphatic rings. The number of rotatable bonds is 4. The zero-order chi connectivity index (χ0) is 11.5. The first-order chi connectivity index (χ1) is 7.69. The van der Waals surface area contributed by atoms with Crippen LogP contribution in [0.3, 0.4) is 0 Å². The topological polar surface area (TPSA) is 21.6 Å². The van der Waals surface area contributed by atoms with Crippen LogP contribution in [0.25, 0.3) is 0 Å². The molecule has 2 nitrogen and oxygen atoms in total. The van der Waals surface area contributed by atoms with E-state index in [4.69, 9.17) is 4.74 Å². The summed E-state index contributed by atoms with van der Waals surface area (Å²) in [7, 11) is 1.70. The van der Waals surface area contributed by atoms with Crippen molar-refractivity contribution in [2.75, 3.05) is 13.7 Å². The Labute approximate surface area is 95.2 Å². The van der Waals surface area contributed by atoms with E-state index in [9.17, 15) is 4.39 Å². The average molecular weight is 221 g/mol. The first-order valence-corrected chi connectivity index (χ1v) is 5.56. The molecule has 86 valence electrons. The molecule has 0 spiro atoms. The van der Waals surface area contributed by atoms with Gasteiger partial charge in [0.1, 0.15) is 11.6 Å². The van der Waals surface area contributed by atoms with Crippen LogP contribution in [0.15, 0.2) is 23.2 Å². The molecule has 0 heterocycles. The van der Waals surface area contributed by atoms with E-state index in [0.717, 1.165) is 11.3 Å². The molecule has 1 aromatic rings. The predicted octanol–water partition coefficient (Wildman–Crippen LogP) is 3.05. The minimum atomic E-state index is -0.272. The molecule has 2 rings (SSSR count). The van der Waals surface area contributed by atoms with Crippen molar-refractivity contribution >= 4 is 5.71 Å². The van der Waals surface area contributed by atoms with Crippen molar-refractivity contribution in [3.63, 3.8) is 0 Å². The van der Waals surface area contributed by atoms with Gasteiger partial charge in [0.25, 0.3) is 0 Å². The zero-order valence-corrected chi connectivity index (χ0v) is 9.66. The van der Waals surface area contributed by atoms with Crippen LogP contribution in [0.4, 0.5) is 4.39 Å². The Hall–Kier alpha value is -1.38. The van der Waals surface area contributed by atoms with Crippen LogP contribution in [-0.4, -0.2) is 19.4 Å². The molecule has 0 atom stereocenters. The van der Waals surface area contributed by atoms with Crippen molar-refractivity contribution < 1.29 is 9.13 Å². The summed E-state index contributed by atoms with van der Waals surface area (Å²) in [6, 6.07) is 4.74. The minimum absolute atomic E-state index is 0.272. The Bertz CT molecular complexity index is 410. The fraction of sp³-hybridized carbons (Fsp3) is 0.462. The van der Waals surface area contributed by atoms with E-state index in [0.29, 0.717) is 18.3 Å². The Morgan fingerprint density at radius 1 is 1.44 bits per heavy atom. The average Bonchev–Trinajstić information content (AvgIpc) is 3.08. The van der Waals surface area contributed by atoms with Crippen LogP contribution >= 0.6 is 0 Å². The van der Waals surface area contributed by atoms with Gasteiger partial charge in [-0.15, -0.1) is 0 Å². The van der Waals surface area contributed by atoms with Gasteiger partial charge in [0.2, 0.25) is 0 Å². The van der Waals surface area contributed by atoms with Gasteiger partial charge in [-0.1, -0.05) is 0 Å². The summed E-state index contributed by atoms with van der Waals surface area (Å²) in [6.07, 6.45) is 2.47. The van der Waals surface area contributed by atoms with E-state index in [-0.39, 0.29) is 5.82 Å². The van der Waals surface area contributed by atoms with E-state index in [1.165, 1.54) is 25.0 Å². The second-order valence-electron chi connectivity index (χ2n) is 4.24. The maximum atomic E-state index is 13.3. The van der Waals surface area contributed by atoms with Gasteiger partial charge in [-0.3, -0.25) is 4.99 Å². The van der Waals surface area contributed by atoms with Crippen molar-refractivity contribution in [1.29, 1.82) is 0 Å². The lowest BCUT2D eigenvalue weighted by atomic mass is 10.1. The van der Waals surface area contributed by atoms with Crippen molar-refractivity contribution in [2.45, 2.75) is 19.8 Å². The lowest BCUT2D eigenvalue weighted by molar-refractivity contribution is 0.298. The number of halogens is 1. The molecule has 0 amide bonds. The van der Waals surface area contributed by atoms with E-state index < -0.39 is 0 Å². The number of hydrogen-bond acceptors (Lipinski definition) is 2. The van der Waals surface area contributed by atoms with Crippen LogP contribution in [0.2, 0.25) is 0 Å². The van der Waals surface area contributed by atoms with Gasteiger partial charge in [0.15, 0.2) is 0 Å². The van der Waals surface area contributed by atoms with Crippen LogP contribution in [0, 0.1) is 11.7 Å². The highest BCUT2D eigenvalue weighted by Gasteiger charge is 2.22. The van der Waals surface area contributed by atoms with Gasteiger partial charge in [0.05, 0.1) is 6.61 Å². The first-order valence-electron chi connectivity index (χ1n) is 5.56. The third-order valence-corrected chi connectivity index (χ3v) is 2.81. The maximum absolute atomic E-state index is 13.3. The molecule has 1 aromatic carbocycles. The van der Waals surface area contributed by atoms with Crippen LogP contribution in [0.5, 0.6) is 5.75 Å². The summed E-state index contributed by atoms with van der Waals surface area (Å²) in [6.45, 7) is 2.56. The molecular weight excluding hydrogens is 205 g/mol. The molecule has 0 unspecified atom stereocenters. The molecule has 1 aliphatic carbocycles. The highest BCUT2D eigenvalue weighted by Crippen LogP contribution is 2.29. The highest BCUT2D eigenvalue weighted by molar-refractivity contribution is 5.98. The van der Waals surface area contributed by atoms with E-state index in [1.54, 1.807) is 7.05 Å².